The lowest BCUT2D eigenvalue weighted by Gasteiger charge is -2.33. The van der Waals surface area contributed by atoms with Gasteiger partial charge in [-0.2, -0.15) is 0 Å². The highest BCUT2D eigenvalue weighted by Crippen LogP contribution is 2.24. The lowest BCUT2D eigenvalue weighted by molar-refractivity contribution is -0.114. The van der Waals surface area contributed by atoms with Crippen molar-refractivity contribution >= 4 is 30.4 Å². The Morgan fingerprint density at radius 1 is 1.52 bits per heavy atom. The normalized spacial score (nSPS) is 20.4. The maximum absolute atomic E-state index is 11.4. The van der Waals surface area contributed by atoms with E-state index in [0.717, 1.165) is 31.7 Å². The minimum atomic E-state index is -0.611. The van der Waals surface area contributed by atoms with Gasteiger partial charge in [-0.1, -0.05) is 0 Å². The van der Waals surface area contributed by atoms with Crippen LogP contribution < -0.4 is 10.6 Å². The number of piperidine rings is 1. The molecule has 3 rings (SSSR count). The number of carbonyl (C=O) groups excluding carboxylic acids is 1. The molecule has 1 amide bonds. The topological polar surface area (TPSA) is 120 Å². The Morgan fingerprint density at radius 2 is 2.37 bits per heavy atom. The van der Waals surface area contributed by atoms with E-state index in [1.807, 2.05) is 6.07 Å². The largest absolute Gasteiger partial charge is 0.396 e. The first-order valence-corrected chi connectivity index (χ1v) is 8.78. The molecule has 0 spiro atoms. The quantitative estimate of drug-likeness (QED) is 0.700. The van der Waals surface area contributed by atoms with Gasteiger partial charge in [0.1, 0.15) is 17.2 Å². The fourth-order valence-electron chi connectivity index (χ4n) is 3.17. The Hall–Kier alpha value is -3.07. The summed E-state index contributed by atoms with van der Waals surface area (Å²) in [6.07, 6.45) is 8.41. The minimum absolute atomic E-state index is 0.147. The molecule has 0 aromatic carbocycles. The first kappa shape index (κ1) is 18.7. The number of aliphatic imine (C=N–C) groups is 2. The predicted octanol–water partition coefficient (Wildman–Crippen LogP) is 0.397. The summed E-state index contributed by atoms with van der Waals surface area (Å²) in [6, 6.07) is 1.85. The standard InChI is InChI=1S/C18H23N7O2/c1-20-9-15(24-8-6-21-14(11-24)17(19)27)18-22-5-4-16(23-18)25-7-2-3-13(10-25)12-26/h4-6,9,11,13,26H,1-3,7-8,10,12H2,(H2,19,27)/b15-9-. The molecule has 1 aromatic heterocycles. The van der Waals surface area contributed by atoms with E-state index in [2.05, 4.69) is 31.6 Å². The monoisotopic (exact) mass is 369 g/mol. The molecule has 0 aliphatic carbocycles. The van der Waals surface area contributed by atoms with Gasteiger partial charge >= 0.3 is 0 Å². The zero-order valence-electron chi connectivity index (χ0n) is 15.0. The predicted molar refractivity (Wildman–Crippen MR) is 104 cm³/mol. The lowest BCUT2D eigenvalue weighted by atomic mass is 9.99. The highest BCUT2D eigenvalue weighted by molar-refractivity contribution is 5.94. The number of nitrogens with two attached hydrogens (primary N) is 1. The van der Waals surface area contributed by atoms with Gasteiger partial charge in [0.25, 0.3) is 5.91 Å². The van der Waals surface area contributed by atoms with Crippen molar-refractivity contribution in [2.24, 2.45) is 21.6 Å². The molecule has 1 aromatic rings. The van der Waals surface area contributed by atoms with Gasteiger partial charge in [0.15, 0.2) is 5.82 Å². The highest BCUT2D eigenvalue weighted by Gasteiger charge is 2.22. The first-order valence-electron chi connectivity index (χ1n) is 8.78. The van der Waals surface area contributed by atoms with Crippen LogP contribution in [0.1, 0.15) is 18.7 Å². The first-order chi connectivity index (χ1) is 13.1. The van der Waals surface area contributed by atoms with Gasteiger partial charge in [-0.15, -0.1) is 0 Å². The molecule has 3 heterocycles. The van der Waals surface area contributed by atoms with Crippen molar-refractivity contribution in [3.8, 4) is 0 Å². The Morgan fingerprint density at radius 3 is 3.11 bits per heavy atom. The number of hydrogen-bond acceptors (Lipinski definition) is 8. The van der Waals surface area contributed by atoms with E-state index in [1.54, 1.807) is 29.7 Å². The number of rotatable bonds is 6. The zero-order chi connectivity index (χ0) is 19.2. The van der Waals surface area contributed by atoms with Gasteiger partial charge in [-0.3, -0.25) is 14.8 Å². The molecule has 142 valence electrons. The summed E-state index contributed by atoms with van der Waals surface area (Å²) in [5.41, 5.74) is 6.07. The van der Waals surface area contributed by atoms with Gasteiger partial charge in [-0.05, 0) is 31.5 Å². The molecule has 0 bridgehead atoms. The molecule has 9 heteroatoms. The summed E-state index contributed by atoms with van der Waals surface area (Å²) < 4.78 is 0. The molecule has 1 unspecified atom stereocenters. The van der Waals surface area contributed by atoms with Crippen LogP contribution in [0.5, 0.6) is 0 Å². The van der Waals surface area contributed by atoms with Crippen LogP contribution in [0.4, 0.5) is 5.82 Å². The van der Waals surface area contributed by atoms with E-state index in [-0.39, 0.29) is 18.2 Å². The maximum atomic E-state index is 11.4. The molecule has 27 heavy (non-hydrogen) atoms. The third kappa shape index (κ3) is 4.37. The molecular weight excluding hydrogens is 346 g/mol. The van der Waals surface area contributed by atoms with Gasteiger partial charge < -0.3 is 20.6 Å². The average molecular weight is 369 g/mol. The van der Waals surface area contributed by atoms with Crippen LogP contribution in [0, 0.1) is 5.92 Å². The minimum Gasteiger partial charge on any atom is -0.396 e. The summed E-state index contributed by atoms with van der Waals surface area (Å²) >= 11 is 0. The number of aliphatic hydroxyl groups excluding tert-OH is 1. The van der Waals surface area contributed by atoms with Crippen LogP contribution in [0.2, 0.25) is 0 Å². The van der Waals surface area contributed by atoms with E-state index in [4.69, 9.17) is 5.73 Å². The molecule has 3 N–H and O–H groups in total. The summed E-state index contributed by atoms with van der Waals surface area (Å²) in [5, 5.41) is 9.46. The summed E-state index contributed by atoms with van der Waals surface area (Å²) in [6.45, 7) is 5.76. The van der Waals surface area contributed by atoms with Crippen molar-refractivity contribution in [1.82, 2.24) is 14.9 Å². The molecule has 1 fully saturated rings. The zero-order valence-corrected chi connectivity index (χ0v) is 15.0. The van der Waals surface area contributed by atoms with Crippen LogP contribution in [-0.4, -0.2) is 65.1 Å². The van der Waals surface area contributed by atoms with Crippen molar-refractivity contribution < 1.29 is 9.90 Å². The van der Waals surface area contributed by atoms with Crippen LogP contribution in [0.25, 0.3) is 5.70 Å². The molecule has 2 aliphatic heterocycles. The summed E-state index contributed by atoms with van der Waals surface area (Å²) in [4.78, 5) is 32.2. The number of amides is 1. The van der Waals surface area contributed by atoms with Crippen LogP contribution in [-0.2, 0) is 4.79 Å². The average Bonchev–Trinajstić information content (AvgIpc) is 2.72. The van der Waals surface area contributed by atoms with Gasteiger partial charge in [0.2, 0.25) is 0 Å². The van der Waals surface area contributed by atoms with Crippen LogP contribution in [0.15, 0.2) is 40.3 Å². The second-order valence-electron chi connectivity index (χ2n) is 6.41. The lowest BCUT2D eigenvalue weighted by Crippen LogP contribution is -2.37. The van der Waals surface area contributed by atoms with Crippen molar-refractivity contribution in [1.29, 1.82) is 0 Å². The molecule has 0 radical (unpaired) electrons. The second-order valence-corrected chi connectivity index (χ2v) is 6.41. The Balaban J connectivity index is 1.89. The number of hydrogen-bond donors (Lipinski definition) is 2. The molecule has 2 aliphatic rings. The van der Waals surface area contributed by atoms with E-state index in [0.29, 0.717) is 18.1 Å². The van der Waals surface area contributed by atoms with Crippen molar-refractivity contribution in [2.45, 2.75) is 12.8 Å². The van der Waals surface area contributed by atoms with Gasteiger partial charge in [0.05, 0.1) is 12.7 Å². The number of aromatic nitrogens is 2. The van der Waals surface area contributed by atoms with E-state index < -0.39 is 5.91 Å². The van der Waals surface area contributed by atoms with Crippen molar-refractivity contribution in [2.75, 3.05) is 31.1 Å². The van der Waals surface area contributed by atoms with Crippen LogP contribution >= 0.6 is 0 Å². The number of aliphatic hydroxyl groups is 1. The number of primary amides is 1. The molecule has 0 saturated carbocycles. The van der Waals surface area contributed by atoms with Crippen molar-refractivity contribution in [3.63, 3.8) is 0 Å². The van der Waals surface area contributed by atoms with Gasteiger partial charge in [0, 0.05) is 38.3 Å². The Labute approximate surface area is 157 Å². The smallest absolute Gasteiger partial charge is 0.268 e. The highest BCUT2D eigenvalue weighted by atomic mass is 16.3. The number of anilines is 1. The van der Waals surface area contributed by atoms with E-state index >= 15 is 0 Å². The van der Waals surface area contributed by atoms with E-state index in [9.17, 15) is 9.90 Å². The molecule has 9 nitrogen and oxygen atoms in total. The molecule has 1 saturated heterocycles. The van der Waals surface area contributed by atoms with Gasteiger partial charge in [-0.25, -0.2) is 9.97 Å². The number of nitrogens with zero attached hydrogens (tertiary/aromatic N) is 6. The Bertz CT molecular complexity index is 803. The van der Waals surface area contributed by atoms with E-state index in [1.165, 1.54) is 0 Å². The third-order valence-corrected chi connectivity index (χ3v) is 4.53. The second kappa shape index (κ2) is 8.54. The maximum Gasteiger partial charge on any atom is 0.268 e. The SMILES string of the molecule is C=N/C=C(/c1nccc(N2CCCC(CO)C2)n1)N1C=C(C(N)=O)N=CC1. The Kier molecular flexibility index (Phi) is 5.92. The summed E-state index contributed by atoms with van der Waals surface area (Å²) in [7, 11) is 0. The van der Waals surface area contributed by atoms with Crippen molar-refractivity contribution in [3.05, 3.63) is 36.2 Å². The fourth-order valence-corrected chi connectivity index (χ4v) is 3.17. The summed E-state index contributed by atoms with van der Waals surface area (Å²) in [5.74, 6) is 0.889. The van der Waals surface area contributed by atoms with Crippen LogP contribution in [0.3, 0.4) is 0 Å². The molecule has 1 atom stereocenters. The fraction of sp³-hybridized carbons (Fsp3) is 0.389. The number of carbonyl (C=O) groups is 1. The molecular formula is C18H23N7O2. The third-order valence-electron chi connectivity index (χ3n) is 4.53.